The number of nitrogens with zero attached hydrogens (tertiary/aromatic N) is 3. The van der Waals surface area contributed by atoms with Gasteiger partial charge in [-0.05, 0) is 19.1 Å². The van der Waals surface area contributed by atoms with Crippen molar-refractivity contribution >= 4 is 17.0 Å². The van der Waals surface area contributed by atoms with Gasteiger partial charge in [0.05, 0.1) is 12.1 Å². The lowest BCUT2D eigenvalue weighted by Crippen LogP contribution is -2.11. The van der Waals surface area contributed by atoms with Crippen LogP contribution in [0.5, 0.6) is 0 Å². The molecule has 0 saturated heterocycles. The molecule has 0 spiro atoms. The molecule has 1 heterocycles. The summed E-state index contributed by atoms with van der Waals surface area (Å²) in [7, 11) is 0. The number of hydrogen-bond acceptors (Lipinski definition) is 5. The second kappa shape index (κ2) is 5.37. The van der Waals surface area contributed by atoms with E-state index in [4.69, 9.17) is 4.74 Å². The topological polar surface area (TPSA) is 59.9 Å². The van der Waals surface area contributed by atoms with Gasteiger partial charge in [-0.15, -0.1) is 10.2 Å². The number of para-hydroxylation sites is 1. The molecule has 5 nitrogen and oxygen atoms in total. The fraction of sp³-hybridized carbons (Fsp3) is 0.364. The molecule has 0 saturated carbocycles. The highest BCUT2D eigenvalue weighted by Crippen LogP contribution is 2.08. The molecule has 0 radical (unpaired) electrons. The molecule has 0 fully saturated rings. The SMILES string of the molecule is CCOCCNc1nnc2ccccc2n1. The van der Waals surface area contributed by atoms with Crippen molar-refractivity contribution in [3.05, 3.63) is 24.3 Å². The minimum Gasteiger partial charge on any atom is -0.380 e. The molecule has 1 N–H and O–H groups in total. The number of benzene rings is 1. The molecule has 0 amide bonds. The quantitative estimate of drug-likeness (QED) is 0.770. The molecular formula is C11H14N4O. The predicted molar refractivity (Wildman–Crippen MR) is 62.3 cm³/mol. The van der Waals surface area contributed by atoms with Crippen LogP contribution in [-0.4, -0.2) is 34.9 Å². The number of ether oxygens (including phenoxy) is 1. The van der Waals surface area contributed by atoms with E-state index in [1.165, 1.54) is 0 Å². The van der Waals surface area contributed by atoms with Crippen LogP contribution in [0.4, 0.5) is 5.95 Å². The van der Waals surface area contributed by atoms with E-state index in [1.54, 1.807) is 0 Å². The zero-order valence-corrected chi connectivity index (χ0v) is 9.18. The summed E-state index contributed by atoms with van der Waals surface area (Å²) in [5.74, 6) is 0.540. The molecule has 84 valence electrons. The summed E-state index contributed by atoms with van der Waals surface area (Å²) in [5, 5.41) is 11.1. The van der Waals surface area contributed by atoms with Crippen LogP contribution in [0.2, 0.25) is 0 Å². The monoisotopic (exact) mass is 218 g/mol. The molecule has 1 aromatic heterocycles. The minimum atomic E-state index is 0.540. The van der Waals surface area contributed by atoms with Crippen molar-refractivity contribution in [3.8, 4) is 0 Å². The van der Waals surface area contributed by atoms with E-state index in [1.807, 2.05) is 31.2 Å². The van der Waals surface area contributed by atoms with E-state index in [2.05, 4.69) is 20.5 Å². The summed E-state index contributed by atoms with van der Waals surface area (Å²) in [6, 6.07) is 7.65. The molecule has 0 aliphatic heterocycles. The van der Waals surface area contributed by atoms with E-state index in [0.717, 1.165) is 17.6 Å². The van der Waals surface area contributed by atoms with Gasteiger partial charge in [0, 0.05) is 13.2 Å². The third-order valence-corrected chi connectivity index (χ3v) is 2.09. The fourth-order valence-electron chi connectivity index (χ4n) is 1.34. The molecule has 16 heavy (non-hydrogen) atoms. The van der Waals surface area contributed by atoms with Crippen LogP contribution in [-0.2, 0) is 4.74 Å². The van der Waals surface area contributed by atoms with Gasteiger partial charge in [0.2, 0.25) is 5.95 Å². The zero-order valence-electron chi connectivity index (χ0n) is 9.18. The molecular weight excluding hydrogens is 204 g/mol. The van der Waals surface area contributed by atoms with Gasteiger partial charge in [-0.25, -0.2) is 4.98 Å². The minimum absolute atomic E-state index is 0.540. The molecule has 0 aliphatic rings. The molecule has 0 atom stereocenters. The Balaban J connectivity index is 2.02. The van der Waals surface area contributed by atoms with Crippen LogP contribution in [0.25, 0.3) is 11.0 Å². The number of rotatable bonds is 5. The Morgan fingerprint density at radius 3 is 2.81 bits per heavy atom. The summed E-state index contributed by atoms with van der Waals surface area (Å²) in [6.07, 6.45) is 0. The van der Waals surface area contributed by atoms with Crippen LogP contribution in [0.3, 0.4) is 0 Å². The van der Waals surface area contributed by atoms with Crippen molar-refractivity contribution in [3.63, 3.8) is 0 Å². The molecule has 1 aromatic carbocycles. The van der Waals surface area contributed by atoms with Gasteiger partial charge in [0.15, 0.2) is 0 Å². The van der Waals surface area contributed by atoms with Crippen molar-refractivity contribution in [2.45, 2.75) is 6.92 Å². The average molecular weight is 218 g/mol. The van der Waals surface area contributed by atoms with Crippen molar-refractivity contribution < 1.29 is 4.74 Å². The number of nitrogens with one attached hydrogen (secondary N) is 1. The lowest BCUT2D eigenvalue weighted by atomic mass is 10.3. The Kier molecular flexibility index (Phi) is 3.61. The van der Waals surface area contributed by atoms with Crippen molar-refractivity contribution in [1.82, 2.24) is 15.2 Å². The standard InChI is InChI=1S/C11H14N4O/c1-2-16-8-7-12-11-13-9-5-3-4-6-10(9)14-15-11/h3-6H,2,7-8H2,1H3,(H,12,13,15). The molecule has 2 rings (SSSR count). The van der Waals surface area contributed by atoms with Gasteiger partial charge in [0.25, 0.3) is 0 Å². The maximum absolute atomic E-state index is 5.20. The highest BCUT2D eigenvalue weighted by atomic mass is 16.5. The summed E-state index contributed by atoms with van der Waals surface area (Å²) >= 11 is 0. The van der Waals surface area contributed by atoms with Crippen LogP contribution in [0, 0.1) is 0 Å². The Hall–Kier alpha value is -1.75. The first-order valence-corrected chi connectivity index (χ1v) is 5.31. The van der Waals surface area contributed by atoms with Crippen LogP contribution in [0.15, 0.2) is 24.3 Å². The molecule has 5 heteroatoms. The number of aromatic nitrogens is 3. The van der Waals surface area contributed by atoms with Gasteiger partial charge >= 0.3 is 0 Å². The van der Waals surface area contributed by atoms with E-state index in [9.17, 15) is 0 Å². The van der Waals surface area contributed by atoms with Gasteiger partial charge in [0.1, 0.15) is 5.52 Å². The second-order valence-electron chi connectivity index (χ2n) is 3.25. The first-order chi connectivity index (χ1) is 7.90. The van der Waals surface area contributed by atoms with Crippen LogP contribution < -0.4 is 5.32 Å². The summed E-state index contributed by atoms with van der Waals surface area (Å²) < 4.78 is 5.20. The highest BCUT2D eigenvalue weighted by molar-refractivity contribution is 5.73. The molecule has 2 aromatic rings. The number of fused-ring (bicyclic) bond motifs is 1. The first kappa shape index (κ1) is 10.8. The molecule has 0 unspecified atom stereocenters. The Morgan fingerprint density at radius 2 is 2.00 bits per heavy atom. The Bertz CT molecular complexity index is 460. The molecule has 0 bridgehead atoms. The van der Waals surface area contributed by atoms with E-state index in [0.29, 0.717) is 19.1 Å². The summed E-state index contributed by atoms with van der Waals surface area (Å²) in [5.41, 5.74) is 1.65. The van der Waals surface area contributed by atoms with Crippen LogP contribution >= 0.6 is 0 Å². The maximum atomic E-state index is 5.20. The number of hydrogen-bond donors (Lipinski definition) is 1. The van der Waals surface area contributed by atoms with Crippen molar-refractivity contribution in [2.24, 2.45) is 0 Å². The fourth-order valence-corrected chi connectivity index (χ4v) is 1.34. The first-order valence-electron chi connectivity index (χ1n) is 5.31. The van der Waals surface area contributed by atoms with E-state index < -0.39 is 0 Å². The third-order valence-electron chi connectivity index (χ3n) is 2.09. The lowest BCUT2D eigenvalue weighted by molar-refractivity contribution is 0.158. The summed E-state index contributed by atoms with van der Waals surface area (Å²) in [4.78, 5) is 4.33. The van der Waals surface area contributed by atoms with Crippen molar-refractivity contribution in [2.75, 3.05) is 25.1 Å². The summed E-state index contributed by atoms with van der Waals surface area (Å²) in [6.45, 7) is 4.02. The van der Waals surface area contributed by atoms with Gasteiger partial charge in [-0.2, -0.15) is 0 Å². The Morgan fingerprint density at radius 1 is 1.19 bits per heavy atom. The molecule has 0 aliphatic carbocycles. The third kappa shape index (κ3) is 2.64. The largest absolute Gasteiger partial charge is 0.380 e. The van der Waals surface area contributed by atoms with Crippen molar-refractivity contribution in [1.29, 1.82) is 0 Å². The van der Waals surface area contributed by atoms with Gasteiger partial charge in [-0.3, -0.25) is 0 Å². The van der Waals surface area contributed by atoms with Gasteiger partial charge in [-0.1, -0.05) is 12.1 Å². The zero-order chi connectivity index (χ0) is 11.2. The smallest absolute Gasteiger partial charge is 0.243 e. The second-order valence-corrected chi connectivity index (χ2v) is 3.25. The number of anilines is 1. The highest BCUT2D eigenvalue weighted by Gasteiger charge is 1.99. The van der Waals surface area contributed by atoms with Crippen LogP contribution in [0.1, 0.15) is 6.92 Å². The average Bonchev–Trinajstić information content (AvgIpc) is 2.34. The van der Waals surface area contributed by atoms with E-state index in [-0.39, 0.29) is 0 Å². The Labute approximate surface area is 93.9 Å². The van der Waals surface area contributed by atoms with E-state index >= 15 is 0 Å². The lowest BCUT2D eigenvalue weighted by Gasteiger charge is -2.04. The van der Waals surface area contributed by atoms with Gasteiger partial charge < -0.3 is 10.1 Å². The normalized spacial score (nSPS) is 10.6. The maximum Gasteiger partial charge on any atom is 0.243 e. The predicted octanol–water partition coefficient (Wildman–Crippen LogP) is 1.47.